The second-order valence-electron chi connectivity index (χ2n) is 10.4. The first-order chi connectivity index (χ1) is 14.8. The quantitative estimate of drug-likeness (QED) is 0.483. The van der Waals surface area contributed by atoms with E-state index in [-0.39, 0.29) is 48.8 Å². The van der Waals surface area contributed by atoms with Gasteiger partial charge < -0.3 is 0 Å². The Morgan fingerprint density at radius 3 is 1.19 bits per heavy atom. The standard InChI is InChI=1S/C28H34O4/c1-27(2,3)25(31)17-21(29)15-19-11-7-9-13-23(19)24-14-10-8-12-20(24)16-22(30)18-26(32)28(4,5)6/h7-14H,15-18H2,1-6H3. The summed E-state index contributed by atoms with van der Waals surface area (Å²) in [5, 5.41) is 0. The third kappa shape index (κ3) is 7.08. The molecule has 0 radical (unpaired) electrons. The molecule has 0 heterocycles. The van der Waals surface area contributed by atoms with Gasteiger partial charge in [0, 0.05) is 23.7 Å². The zero-order chi connectivity index (χ0) is 24.1. The Labute approximate surface area is 191 Å². The first kappa shape index (κ1) is 25.4. The molecule has 4 heteroatoms. The molecular formula is C28H34O4. The summed E-state index contributed by atoms with van der Waals surface area (Å²) in [6.07, 6.45) is 0.130. The molecule has 2 rings (SSSR count). The fourth-order valence-electron chi connectivity index (χ4n) is 3.31. The lowest BCUT2D eigenvalue weighted by Crippen LogP contribution is -2.24. The molecule has 0 amide bonds. The highest BCUT2D eigenvalue weighted by atomic mass is 16.2. The van der Waals surface area contributed by atoms with Gasteiger partial charge in [0.15, 0.2) is 0 Å². The molecule has 0 saturated heterocycles. The fourth-order valence-corrected chi connectivity index (χ4v) is 3.31. The number of hydrogen-bond donors (Lipinski definition) is 0. The molecule has 0 saturated carbocycles. The summed E-state index contributed by atoms with van der Waals surface area (Å²) in [4.78, 5) is 49.8. The number of carbonyl (C=O) groups excluding carboxylic acids is 4. The second-order valence-corrected chi connectivity index (χ2v) is 10.4. The highest BCUT2D eigenvalue weighted by molar-refractivity contribution is 6.03. The van der Waals surface area contributed by atoms with E-state index in [2.05, 4.69) is 0 Å². The maximum Gasteiger partial charge on any atom is 0.145 e. The molecule has 0 N–H and O–H groups in total. The predicted molar refractivity (Wildman–Crippen MR) is 127 cm³/mol. The van der Waals surface area contributed by atoms with Crippen molar-refractivity contribution in [1.29, 1.82) is 0 Å². The van der Waals surface area contributed by atoms with Crippen molar-refractivity contribution in [3.05, 3.63) is 59.7 Å². The van der Waals surface area contributed by atoms with Crippen molar-refractivity contribution in [2.45, 2.75) is 67.2 Å². The lowest BCUT2D eigenvalue weighted by molar-refractivity contribution is -0.132. The zero-order valence-corrected chi connectivity index (χ0v) is 20.1. The highest BCUT2D eigenvalue weighted by Crippen LogP contribution is 2.29. The predicted octanol–water partition coefficient (Wildman–Crippen LogP) is 5.59. The SMILES string of the molecule is CC(C)(C)C(=O)CC(=O)Cc1ccccc1-c1ccccc1CC(=O)CC(=O)C(C)(C)C. The van der Waals surface area contributed by atoms with Crippen LogP contribution in [0.15, 0.2) is 48.5 Å². The summed E-state index contributed by atoms with van der Waals surface area (Å²) in [5.74, 6) is -0.396. The van der Waals surface area contributed by atoms with Crippen LogP contribution in [0.2, 0.25) is 0 Å². The van der Waals surface area contributed by atoms with Crippen molar-refractivity contribution in [1.82, 2.24) is 0 Å². The van der Waals surface area contributed by atoms with E-state index in [0.717, 1.165) is 22.3 Å². The van der Waals surface area contributed by atoms with Crippen LogP contribution in [0.3, 0.4) is 0 Å². The lowest BCUT2D eigenvalue weighted by atomic mass is 9.85. The summed E-state index contributed by atoms with van der Waals surface area (Å²) < 4.78 is 0. The molecule has 2 aromatic carbocycles. The Balaban J connectivity index is 2.27. The minimum absolute atomic E-state index is 0.0745. The number of hydrogen-bond acceptors (Lipinski definition) is 4. The Morgan fingerprint density at radius 1 is 0.562 bits per heavy atom. The lowest BCUT2D eigenvalue weighted by Gasteiger charge is -2.17. The van der Waals surface area contributed by atoms with Gasteiger partial charge in [-0.2, -0.15) is 0 Å². The van der Waals surface area contributed by atoms with Crippen LogP contribution in [0.4, 0.5) is 0 Å². The average molecular weight is 435 g/mol. The number of carbonyl (C=O) groups is 4. The molecule has 0 unspecified atom stereocenters. The fraction of sp³-hybridized carbons (Fsp3) is 0.429. The molecular weight excluding hydrogens is 400 g/mol. The van der Waals surface area contributed by atoms with Crippen LogP contribution in [-0.2, 0) is 32.0 Å². The number of Topliss-reactive ketones (excluding diaryl/α,β-unsaturated/α-hetero) is 4. The van der Waals surface area contributed by atoms with Crippen molar-refractivity contribution in [3.63, 3.8) is 0 Å². The summed E-state index contributed by atoms with van der Waals surface area (Å²) >= 11 is 0. The van der Waals surface area contributed by atoms with E-state index in [9.17, 15) is 19.2 Å². The minimum Gasteiger partial charge on any atom is -0.299 e. The smallest absolute Gasteiger partial charge is 0.145 e. The van der Waals surface area contributed by atoms with Gasteiger partial charge in [-0.3, -0.25) is 19.2 Å². The van der Waals surface area contributed by atoms with Gasteiger partial charge in [-0.05, 0) is 22.3 Å². The number of rotatable bonds is 9. The van der Waals surface area contributed by atoms with E-state index >= 15 is 0 Å². The Bertz CT molecular complexity index is 933. The van der Waals surface area contributed by atoms with Crippen molar-refractivity contribution >= 4 is 23.1 Å². The van der Waals surface area contributed by atoms with Gasteiger partial charge in [0.25, 0.3) is 0 Å². The van der Waals surface area contributed by atoms with Gasteiger partial charge in [-0.25, -0.2) is 0 Å². The van der Waals surface area contributed by atoms with E-state index < -0.39 is 10.8 Å². The highest BCUT2D eigenvalue weighted by Gasteiger charge is 2.25. The molecule has 0 aliphatic heterocycles. The first-order valence-electron chi connectivity index (χ1n) is 11.0. The normalized spacial score (nSPS) is 11.8. The summed E-state index contributed by atoms with van der Waals surface area (Å²) in [6.45, 7) is 10.9. The second kappa shape index (κ2) is 10.2. The molecule has 0 fully saturated rings. The molecule has 4 nitrogen and oxygen atoms in total. The Hall–Kier alpha value is -2.88. The van der Waals surface area contributed by atoms with Crippen molar-refractivity contribution in [3.8, 4) is 11.1 Å². The molecule has 0 aromatic heterocycles. The van der Waals surface area contributed by atoms with Gasteiger partial charge in [-0.1, -0.05) is 90.1 Å². The maximum atomic E-state index is 12.6. The van der Waals surface area contributed by atoms with Gasteiger partial charge in [-0.15, -0.1) is 0 Å². The van der Waals surface area contributed by atoms with Crippen molar-refractivity contribution in [2.75, 3.05) is 0 Å². The van der Waals surface area contributed by atoms with Gasteiger partial charge in [0.1, 0.15) is 23.1 Å². The van der Waals surface area contributed by atoms with E-state index in [1.165, 1.54) is 0 Å². The summed E-state index contributed by atoms with van der Waals surface area (Å²) in [7, 11) is 0. The van der Waals surface area contributed by atoms with Crippen molar-refractivity contribution in [2.24, 2.45) is 10.8 Å². The molecule has 170 valence electrons. The molecule has 2 aromatic rings. The van der Waals surface area contributed by atoms with Crippen LogP contribution in [0, 0.1) is 10.8 Å². The van der Waals surface area contributed by atoms with Crippen LogP contribution in [0.5, 0.6) is 0 Å². The van der Waals surface area contributed by atoms with Crippen LogP contribution in [-0.4, -0.2) is 23.1 Å². The Kier molecular flexibility index (Phi) is 8.06. The first-order valence-corrected chi connectivity index (χ1v) is 11.0. The molecule has 0 aliphatic carbocycles. The molecule has 0 spiro atoms. The molecule has 0 bridgehead atoms. The van der Waals surface area contributed by atoms with Crippen LogP contribution in [0.1, 0.15) is 65.5 Å². The topological polar surface area (TPSA) is 68.3 Å². The zero-order valence-electron chi connectivity index (χ0n) is 20.1. The number of benzene rings is 2. The third-order valence-electron chi connectivity index (χ3n) is 5.49. The molecule has 0 atom stereocenters. The average Bonchev–Trinajstić information content (AvgIpc) is 2.67. The van der Waals surface area contributed by atoms with Gasteiger partial charge >= 0.3 is 0 Å². The van der Waals surface area contributed by atoms with E-state index in [1.54, 1.807) is 0 Å². The minimum atomic E-state index is -0.549. The van der Waals surface area contributed by atoms with Crippen LogP contribution < -0.4 is 0 Å². The monoisotopic (exact) mass is 434 g/mol. The van der Waals surface area contributed by atoms with E-state index in [4.69, 9.17) is 0 Å². The molecule has 0 aliphatic rings. The van der Waals surface area contributed by atoms with Crippen LogP contribution >= 0.6 is 0 Å². The third-order valence-corrected chi connectivity index (χ3v) is 5.49. The number of ketones is 4. The van der Waals surface area contributed by atoms with E-state index in [1.807, 2.05) is 90.1 Å². The summed E-state index contributed by atoms with van der Waals surface area (Å²) in [6, 6.07) is 15.2. The van der Waals surface area contributed by atoms with Crippen molar-refractivity contribution < 1.29 is 19.2 Å². The largest absolute Gasteiger partial charge is 0.299 e. The van der Waals surface area contributed by atoms with Gasteiger partial charge in [0.05, 0.1) is 12.8 Å². The van der Waals surface area contributed by atoms with E-state index in [0.29, 0.717) is 0 Å². The maximum absolute atomic E-state index is 12.6. The molecule has 32 heavy (non-hydrogen) atoms. The Morgan fingerprint density at radius 2 is 0.875 bits per heavy atom. The van der Waals surface area contributed by atoms with Crippen LogP contribution in [0.25, 0.3) is 11.1 Å². The summed E-state index contributed by atoms with van der Waals surface area (Å²) in [5.41, 5.74) is 2.29. The van der Waals surface area contributed by atoms with Gasteiger partial charge in [0.2, 0.25) is 0 Å².